The van der Waals surface area contributed by atoms with Gasteiger partial charge in [0.15, 0.2) is 5.65 Å². The van der Waals surface area contributed by atoms with E-state index in [0.717, 1.165) is 24.3 Å². The summed E-state index contributed by atoms with van der Waals surface area (Å²) in [5.74, 6) is -0.359. The predicted octanol–water partition coefficient (Wildman–Crippen LogP) is 3.74. The molecule has 4 aromatic rings. The van der Waals surface area contributed by atoms with Gasteiger partial charge in [0.25, 0.3) is 5.91 Å². The maximum atomic E-state index is 12.7. The van der Waals surface area contributed by atoms with Crippen molar-refractivity contribution >= 4 is 26.8 Å². The number of benzene rings is 2. The molecule has 4 rings (SSSR count). The molecule has 0 saturated heterocycles. The molecule has 0 unspecified atom stereocenters. The van der Waals surface area contributed by atoms with E-state index in [1.54, 1.807) is 12.3 Å². The van der Waals surface area contributed by atoms with E-state index in [-0.39, 0.29) is 22.2 Å². The first-order chi connectivity index (χ1) is 15.1. The quantitative estimate of drug-likeness (QED) is 0.472. The summed E-state index contributed by atoms with van der Waals surface area (Å²) in [5.41, 5.74) is 0.624. The third-order valence-electron chi connectivity index (χ3n) is 4.73. The van der Waals surface area contributed by atoms with Crippen molar-refractivity contribution in [2.75, 3.05) is 0 Å². The average Bonchev–Trinajstić information content (AvgIpc) is 3.25. The number of aromatic nitrogens is 3. The van der Waals surface area contributed by atoms with Gasteiger partial charge >= 0.3 is 6.18 Å². The summed E-state index contributed by atoms with van der Waals surface area (Å²) in [6.45, 7) is 0.142. The molecule has 11 heteroatoms. The second-order valence-electron chi connectivity index (χ2n) is 6.88. The Balaban J connectivity index is 1.44. The van der Waals surface area contributed by atoms with Gasteiger partial charge in [-0.2, -0.15) is 18.3 Å². The maximum absolute atomic E-state index is 12.7. The van der Waals surface area contributed by atoms with Crippen LogP contribution in [0.4, 0.5) is 13.2 Å². The highest BCUT2D eigenvalue weighted by atomic mass is 32.2. The van der Waals surface area contributed by atoms with Crippen molar-refractivity contribution in [3.05, 3.63) is 83.7 Å². The van der Waals surface area contributed by atoms with Crippen molar-refractivity contribution in [1.29, 1.82) is 0 Å². The lowest BCUT2D eigenvalue weighted by atomic mass is 10.2. The van der Waals surface area contributed by atoms with Crippen molar-refractivity contribution in [2.45, 2.75) is 22.5 Å². The molecule has 0 spiro atoms. The molecule has 2 heterocycles. The number of amides is 1. The lowest BCUT2D eigenvalue weighted by Crippen LogP contribution is -2.22. The molecule has 0 atom stereocenters. The highest BCUT2D eigenvalue weighted by molar-refractivity contribution is 7.91. The Kier molecular flexibility index (Phi) is 5.43. The van der Waals surface area contributed by atoms with Gasteiger partial charge < -0.3 is 5.32 Å². The predicted molar refractivity (Wildman–Crippen MR) is 108 cm³/mol. The minimum Gasteiger partial charge on any atom is -0.348 e. The molecule has 0 aliphatic carbocycles. The average molecular weight is 460 g/mol. The summed E-state index contributed by atoms with van der Waals surface area (Å²) >= 11 is 0. The molecule has 0 radical (unpaired) electrons. The molecule has 0 aliphatic heterocycles. The third kappa shape index (κ3) is 4.33. The summed E-state index contributed by atoms with van der Waals surface area (Å²) in [7, 11) is -3.98. The number of fused-ring (bicyclic) bond motifs is 1. The molecule has 2 N–H and O–H groups in total. The Bertz CT molecular complexity index is 1380. The summed E-state index contributed by atoms with van der Waals surface area (Å²) in [4.78, 5) is 16.1. The molecule has 0 fully saturated rings. The summed E-state index contributed by atoms with van der Waals surface area (Å²) < 4.78 is 63.4. The molecule has 2 aromatic carbocycles. The minimum atomic E-state index is -4.55. The molecule has 7 nitrogen and oxygen atoms in total. The summed E-state index contributed by atoms with van der Waals surface area (Å²) in [6.07, 6.45) is -1.58. The van der Waals surface area contributed by atoms with Gasteiger partial charge in [-0.05, 0) is 48.0 Å². The van der Waals surface area contributed by atoms with Crippen LogP contribution in [0.1, 0.15) is 21.5 Å². The number of rotatable bonds is 5. The third-order valence-corrected chi connectivity index (χ3v) is 6.52. The Hall–Kier alpha value is -3.73. The van der Waals surface area contributed by atoms with Crippen LogP contribution in [0.15, 0.2) is 76.8 Å². The fourth-order valence-electron chi connectivity index (χ4n) is 2.99. The van der Waals surface area contributed by atoms with Crippen molar-refractivity contribution in [3.8, 4) is 0 Å². The van der Waals surface area contributed by atoms with E-state index in [4.69, 9.17) is 0 Å². The molecular formula is C21H15F3N4O3S. The van der Waals surface area contributed by atoms with Gasteiger partial charge in [-0.3, -0.25) is 9.89 Å². The second-order valence-corrected chi connectivity index (χ2v) is 8.83. The first-order valence-corrected chi connectivity index (χ1v) is 10.7. The van der Waals surface area contributed by atoms with Crippen LogP contribution in [0.5, 0.6) is 0 Å². The highest BCUT2D eigenvalue weighted by Gasteiger charge is 2.30. The van der Waals surface area contributed by atoms with Crippen LogP contribution in [-0.2, 0) is 22.6 Å². The number of hydrogen-bond acceptors (Lipinski definition) is 5. The number of pyridine rings is 1. The second kappa shape index (κ2) is 8.08. The van der Waals surface area contributed by atoms with E-state index in [2.05, 4.69) is 20.5 Å². The van der Waals surface area contributed by atoms with Gasteiger partial charge in [-0.25, -0.2) is 13.4 Å². The first kappa shape index (κ1) is 21.5. The smallest absolute Gasteiger partial charge is 0.348 e. The van der Waals surface area contributed by atoms with Gasteiger partial charge in [-0.1, -0.05) is 12.1 Å². The van der Waals surface area contributed by atoms with Crippen LogP contribution in [0.25, 0.3) is 11.0 Å². The largest absolute Gasteiger partial charge is 0.416 e. The Labute approximate surface area is 180 Å². The lowest BCUT2D eigenvalue weighted by Gasteiger charge is -2.09. The number of carbonyl (C=O) groups excluding carboxylic acids is 1. The van der Waals surface area contributed by atoms with Gasteiger partial charge in [0.1, 0.15) is 0 Å². The Morgan fingerprint density at radius 3 is 2.22 bits per heavy atom. The van der Waals surface area contributed by atoms with E-state index >= 15 is 0 Å². The monoisotopic (exact) mass is 460 g/mol. The molecule has 0 saturated carbocycles. The summed E-state index contributed by atoms with van der Waals surface area (Å²) in [6, 6.07) is 10.7. The number of sulfone groups is 1. The number of hydrogen-bond donors (Lipinski definition) is 2. The molecule has 32 heavy (non-hydrogen) atoms. The molecular weight excluding hydrogens is 445 g/mol. The van der Waals surface area contributed by atoms with Crippen molar-refractivity contribution < 1.29 is 26.4 Å². The zero-order valence-electron chi connectivity index (χ0n) is 16.2. The topological polar surface area (TPSA) is 105 Å². The highest BCUT2D eigenvalue weighted by Crippen LogP contribution is 2.30. The zero-order valence-corrected chi connectivity index (χ0v) is 17.0. The SMILES string of the molecule is O=C(NCc1ccc(S(=O)(=O)c2ccc(C(F)(F)F)cc2)cc1)c1cnc2[nH]ncc2c1. The molecule has 0 aliphatic rings. The van der Waals surface area contributed by atoms with Crippen molar-refractivity contribution in [3.63, 3.8) is 0 Å². The van der Waals surface area contributed by atoms with E-state index in [1.807, 2.05) is 0 Å². The standard InChI is InChI=1S/C21H15F3N4O3S/c22-21(23,24)16-3-7-18(8-4-16)32(30,31)17-5-1-13(2-6-17)10-26-20(29)15-9-14-12-27-28-19(14)25-11-15/h1-9,11-12H,10H2,(H,26,29)(H,25,27,28). The fraction of sp³-hybridized carbons (Fsp3) is 0.0952. The van der Waals surface area contributed by atoms with E-state index < -0.39 is 21.6 Å². The molecule has 0 bridgehead atoms. The molecule has 2 aromatic heterocycles. The van der Waals surface area contributed by atoms with Crippen molar-refractivity contribution in [1.82, 2.24) is 20.5 Å². The number of aromatic amines is 1. The van der Waals surface area contributed by atoms with Gasteiger partial charge in [-0.15, -0.1) is 0 Å². The van der Waals surface area contributed by atoms with Crippen LogP contribution in [0.2, 0.25) is 0 Å². The van der Waals surface area contributed by atoms with Gasteiger partial charge in [0, 0.05) is 18.1 Å². The maximum Gasteiger partial charge on any atom is 0.416 e. The minimum absolute atomic E-state index is 0.0676. The number of carbonyl (C=O) groups is 1. The van der Waals surface area contributed by atoms with E-state index in [0.29, 0.717) is 22.2 Å². The van der Waals surface area contributed by atoms with Crippen LogP contribution < -0.4 is 5.32 Å². The van der Waals surface area contributed by atoms with Crippen LogP contribution >= 0.6 is 0 Å². The van der Waals surface area contributed by atoms with Gasteiger partial charge in [0.2, 0.25) is 9.84 Å². The number of alkyl halides is 3. The van der Waals surface area contributed by atoms with Crippen molar-refractivity contribution in [2.24, 2.45) is 0 Å². The first-order valence-electron chi connectivity index (χ1n) is 9.23. The lowest BCUT2D eigenvalue weighted by molar-refractivity contribution is -0.137. The molecule has 1 amide bonds. The normalized spacial score (nSPS) is 12.1. The van der Waals surface area contributed by atoms with Crippen LogP contribution in [0.3, 0.4) is 0 Å². The van der Waals surface area contributed by atoms with Crippen LogP contribution in [0, 0.1) is 0 Å². The van der Waals surface area contributed by atoms with Crippen LogP contribution in [-0.4, -0.2) is 29.5 Å². The van der Waals surface area contributed by atoms with E-state index in [9.17, 15) is 26.4 Å². The molecule has 164 valence electrons. The van der Waals surface area contributed by atoms with Gasteiger partial charge in [0.05, 0.1) is 27.1 Å². The number of H-pyrrole nitrogens is 1. The fourth-order valence-corrected chi connectivity index (χ4v) is 4.25. The number of nitrogens with one attached hydrogen (secondary N) is 2. The Morgan fingerprint density at radius 2 is 1.59 bits per heavy atom. The van der Waals surface area contributed by atoms with E-state index in [1.165, 1.54) is 30.5 Å². The Morgan fingerprint density at radius 1 is 0.969 bits per heavy atom. The number of nitrogens with zero attached hydrogens (tertiary/aromatic N) is 2. The summed E-state index contributed by atoms with van der Waals surface area (Å²) in [5, 5.41) is 9.94. The number of halogens is 3. The zero-order chi connectivity index (χ0) is 22.9.